The van der Waals surface area contributed by atoms with Gasteiger partial charge in [0.25, 0.3) is 0 Å². The molecule has 1 unspecified atom stereocenters. The van der Waals surface area contributed by atoms with Crippen molar-refractivity contribution in [3.05, 3.63) is 29.8 Å². The molecule has 1 N–H and O–H groups in total. The highest BCUT2D eigenvalue weighted by Gasteiger charge is 2.39. The summed E-state index contributed by atoms with van der Waals surface area (Å²) in [6.07, 6.45) is 7.94. The monoisotopic (exact) mass is 289 g/mol. The molecule has 1 atom stereocenters. The van der Waals surface area contributed by atoms with Crippen LogP contribution >= 0.6 is 11.8 Å². The van der Waals surface area contributed by atoms with Crippen molar-refractivity contribution in [3.63, 3.8) is 0 Å². The van der Waals surface area contributed by atoms with Crippen LogP contribution in [0.1, 0.15) is 42.5 Å². The van der Waals surface area contributed by atoms with Gasteiger partial charge in [-0.1, -0.05) is 18.6 Å². The molecule has 108 valence electrons. The van der Waals surface area contributed by atoms with Crippen LogP contribution < -0.4 is 5.32 Å². The van der Waals surface area contributed by atoms with Crippen molar-refractivity contribution in [1.29, 1.82) is 0 Å². The Morgan fingerprint density at radius 1 is 1.20 bits per heavy atom. The number of hydrogen-bond donors (Lipinski definition) is 1. The van der Waals surface area contributed by atoms with Crippen LogP contribution in [0.3, 0.4) is 0 Å². The molecule has 1 saturated heterocycles. The van der Waals surface area contributed by atoms with E-state index in [0.717, 1.165) is 31.5 Å². The van der Waals surface area contributed by atoms with Gasteiger partial charge in [-0.05, 0) is 49.5 Å². The Bertz CT molecular complexity index is 478. The van der Waals surface area contributed by atoms with Gasteiger partial charge in [-0.15, -0.1) is 11.8 Å². The van der Waals surface area contributed by atoms with E-state index in [1.165, 1.54) is 24.2 Å². The third kappa shape index (κ3) is 2.79. The van der Waals surface area contributed by atoms with Crippen molar-refractivity contribution in [2.45, 2.75) is 37.0 Å². The molecule has 1 aliphatic heterocycles. The first-order valence-electron chi connectivity index (χ1n) is 7.61. The van der Waals surface area contributed by atoms with Gasteiger partial charge in [0.2, 0.25) is 0 Å². The maximum Gasteiger partial charge on any atom is 0.165 e. The Balaban J connectivity index is 1.66. The van der Waals surface area contributed by atoms with Gasteiger partial charge in [0.05, 0.1) is 0 Å². The van der Waals surface area contributed by atoms with E-state index in [4.69, 9.17) is 0 Å². The van der Waals surface area contributed by atoms with Gasteiger partial charge >= 0.3 is 0 Å². The Morgan fingerprint density at radius 3 is 2.55 bits per heavy atom. The maximum atomic E-state index is 12.6. The number of ketones is 1. The number of rotatable bonds is 3. The fourth-order valence-corrected chi connectivity index (χ4v) is 3.97. The third-order valence-electron chi connectivity index (χ3n) is 5.03. The summed E-state index contributed by atoms with van der Waals surface area (Å²) in [5.41, 5.74) is 1.42. The minimum atomic E-state index is 0.245. The first-order valence-corrected chi connectivity index (χ1v) is 8.84. The minimum Gasteiger partial charge on any atom is -0.316 e. The number of nitrogens with one attached hydrogen (secondary N) is 1. The van der Waals surface area contributed by atoms with E-state index in [9.17, 15) is 4.79 Å². The van der Waals surface area contributed by atoms with E-state index in [1.54, 1.807) is 11.8 Å². The van der Waals surface area contributed by atoms with Crippen LogP contribution in [0.4, 0.5) is 0 Å². The Kier molecular flexibility index (Phi) is 4.18. The molecule has 0 amide bonds. The average molecular weight is 289 g/mol. The van der Waals surface area contributed by atoms with Gasteiger partial charge in [-0.3, -0.25) is 4.79 Å². The summed E-state index contributed by atoms with van der Waals surface area (Å²) >= 11 is 1.72. The molecule has 1 spiro atoms. The van der Waals surface area contributed by atoms with Crippen LogP contribution in [0.5, 0.6) is 0 Å². The van der Waals surface area contributed by atoms with Gasteiger partial charge in [0.15, 0.2) is 5.78 Å². The summed E-state index contributed by atoms with van der Waals surface area (Å²) < 4.78 is 0. The summed E-state index contributed by atoms with van der Waals surface area (Å²) in [7, 11) is 0. The predicted molar refractivity (Wildman–Crippen MR) is 84.4 cm³/mol. The molecule has 0 bridgehead atoms. The molecule has 2 nitrogen and oxygen atoms in total. The quantitative estimate of drug-likeness (QED) is 0.678. The summed E-state index contributed by atoms with van der Waals surface area (Å²) in [6.45, 7) is 2.33. The highest BCUT2D eigenvalue weighted by atomic mass is 32.2. The van der Waals surface area contributed by atoms with E-state index in [2.05, 4.69) is 23.7 Å². The lowest BCUT2D eigenvalue weighted by atomic mass is 9.75. The molecule has 0 aromatic heterocycles. The highest BCUT2D eigenvalue weighted by Crippen LogP contribution is 2.40. The van der Waals surface area contributed by atoms with Crippen LogP contribution in [-0.2, 0) is 0 Å². The average Bonchev–Trinajstić information content (AvgIpc) is 2.69. The molecule has 1 saturated carbocycles. The van der Waals surface area contributed by atoms with Crippen molar-refractivity contribution in [3.8, 4) is 0 Å². The number of benzene rings is 1. The number of hydrogen-bond acceptors (Lipinski definition) is 3. The largest absolute Gasteiger partial charge is 0.316 e. The van der Waals surface area contributed by atoms with E-state index in [-0.39, 0.29) is 5.92 Å². The topological polar surface area (TPSA) is 29.1 Å². The Labute approximate surface area is 125 Å². The van der Waals surface area contributed by atoms with Crippen molar-refractivity contribution < 1.29 is 4.79 Å². The maximum absolute atomic E-state index is 12.6. The predicted octanol–water partition coefficient (Wildman–Crippen LogP) is 3.76. The van der Waals surface area contributed by atoms with E-state index < -0.39 is 0 Å². The van der Waals surface area contributed by atoms with Crippen molar-refractivity contribution >= 4 is 17.5 Å². The molecule has 3 rings (SSSR count). The second kappa shape index (κ2) is 5.90. The number of carbonyl (C=O) groups excluding carboxylic acids is 1. The summed E-state index contributed by atoms with van der Waals surface area (Å²) in [6, 6.07) is 8.12. The Hall–Kier alpha value is -0.800. The molecule has 3 heteroatoms. The molecule has 1 aromatic carbocycles. The minimum absolute atomic E-state index is 0.245. The van der Waals surface area contributed by atoms with E-state index in [0.29, 0.717) is 11.2 Å². The van der Waals surface area contributed by atoms with Crippen LogP contribution in [-0.4, -0.2) is 25.1 Å². The second-order valence-electron chi connectivity index (χ2n) is 6.32. The Morgan fingerprint density at radius 2 is 1.95 bits per heavy atom. The molecule has 20 heavy (non-hydrogen) atoms. The van der Waals surface area contributed by atoms with Crippen molar-refractivity contribution in [2.75, 3.05) is 19.3 Å². The zero-order valence-electron chi connectivity index (χ0n) is 12.2. The zero-order valence-corrected chi connectivity index (χ0v) is 13.0. The molecule has 2 aliphatic rings. The SMILES string of the molecule is CSc1ccc(C(=O)C2CCCC3(CC2)CNC3)cc1. The standard InChI is InChI=1S/C17H23NOS/c1-20-15-6-4-14(5-7-15)16(19)13-3-2-9-17(10-8-13)11-18-12-17/h4-7,13,18H,2-3,8-12H2,1H3. The molecular formula is C17H23NOS. The van der Waals surface area contributed by atoms with Gasteiger partial charge in [-0.2, -0.15) is 0 Å². The second-order valence-corrected chi connectivity index (χ2v) is 7.20. The fourth-order valence-electron chi connectivity index (χ4n) is 3.56. The van der Waals surface area contributed by atoms with Gasteiger partial charge in [-0.25, -0.2) is 0 Å². The van der Waals surface area contributed by atoms with Crippen molar-refractivity contribution in [1.82, 2.24) is 5.32 Å². The summed E-state index contributed by atoms with van der Waals surface area (Å²) in [4.78, 5) is 13.9. The highest BCUT2D eigenvalue weighted by molar-refractivity contribution is 7.98. The van der Waals surface area contributed by atoms with E-state index >= 15 is 0 Å². The first kappa shape index (κ1) is 14.2. The van der Waals surface area contributed by atoms with Gasteiger partial charge < -0.3 is 5.32 Å². The van der Waals surface area contributed by atoms with Gasteiger partial charge in [0.1, 0.15) is 0 Å². The summed E-state index contributed by atoms with van der Waals surface area (Å²) in [5, 5.41) is 3.40. The molecular weight excluding hydrogens is 266 g/mol. The number of Topliss-reactive ketones (excluding diaryl/α,β-unsaturated/α-hetero) is 1. The van der Waals surface area contributed by atoms with Crippen LogP contribution in [0.2, 0.25) is 0 Å². The first-order chi connectivity index (χ1) is 9.72. The number of carbonyl (C=O) groups is 1. The fraction of sp³-hybridized carbons (Fsp3) is 0.588. The third-order valence-corrected chi connectivity index (χ3v) is 5.77. The molecule has 1 aromatic rings. The van der Waals surface area contributed by atoms with Crippen LogP contribution in [0.25, 0.3) is 0 Å². The summed E-state index contributed by atoms with van der Waals surface area (Å²) in [5.74, 6) is 0.608. The lowest BCUT2D eigenvalue weighted by Gasteiger charge is -2.42. The molecule has 1 aliphatic carbocycles. The van der Waals surface area contributed by atoms with Gasteiger partial charge in [0, 0.05) is 29.5 Å². The van der Waals surface area contributed by atoms with Crippen molar-refractivity contribution in [2.24, 2.45) is 11.3 Å². The molecule has 2 fully saturated rings. The molecule has 1 heterocycles. The van der Waals surface area contributed by atoms with E-state index in [1.807, 2.05) is 12.1 Å². The normalized spacial score (nSPS) is 24.9. The lowest BCUT2D eigenvalue weighted by molar-refractivity contribution is 0.0897. The lowest BCUT2D eigenvalue weighted by Crippen LogP contribution is -2.53. The smallest absolute Gasteiger partial charge is 0.165 e. The zero-order chi connectivity index (χ0) is 14.0. The van der Waals surface area contributed by atoms with Crippen LogP contribution in [0.15, 0.2) is 29.2 Å². The number of thioether (sulfide) groups is 1. The van der Waals surface area contributed by atoms with Crippen LogP contribution in [0, 0.1) is 11.3 Å². The molecule has 0 radical (unpaired) electrons.